The highest BCUT2D eigenvalue weighted by molar-refractivity contribution is 7.15. The van der Waals surface area contributed by atoms with Gasteiger partial charge in [-0.1, -0.05) is 23.7 Å². The Bertz CT molecular complexity index is 559. The van der Waals surface area contributed by atoms with Crippen molar-refractivity contribution in [1.82, 2.24) is 4.98 Å². The summed E-state index contributed by atoms with van der Waals surface area (Å²) in [4.78, 5) is 4.82. The Balaban J connectivity index is 2.42. The van der Waals surface area contributed by atoms with Crippen LogP contribution in [0.2, 0.25) is 5.15 Å². The van der Waals surface area contributed by atoms with Gasteiger partial charge in [0.2, 0.25) is 0 Å². The lowest BCUT2D eigenvalue weighted by molar-refractivity contribution is 0.628. The van der Waals surface area contributed by atoms with E-state index >= 15 is 0 Å². The highest BCUT2D eigenvalue weighted by Crippen LogP contribution is 2.31. The molecule has 2 rings (SSSR count). The van der Waals surface area contributed by atoms with Crippen LogP contribution >= 0.6 is 22.9 Å². The van der Waals surface area contributed by atoms with Gasteiger partial charge in [-0.2, -0.15) is 5.26 Å². The molecule has 80 valence electrons. The molecule has 0 aliphatic carbocycles. The minimum absolute atomic E-state index is 0.228. The summed E-state index contributed by atoms with van der Waals surface area (Å²) in [5.41, 5.74) is 0.677. The van der Waals surface area contributed by atoms with E-state index in [0.717, 1.165) is 0 Å². The molecule has 0 unspecified atom stereocenters. The molecular formula is C11H6ClFN2S. The molecule has 16 heavy (non-hydrogen) atoms. The predicted octanol–water partition coefficient (Wildman–Crippen LogP) is 3.67. The van der Waals surface area contributed by atoms with Crippen molar-refractivity contribution < 1.29 is 4.39 Å². The molecule has 1 heterocycles. The average Bonchev–Trinajstić information content (AvgIpc) is 2.61. The van der Waals surface area contributed by atoms with Crippen molar-refractivity contribution in [3.63, 3.8) is 0 Å². The minimum Gasteiger partial charge on any atom is -0.224 e. The molecule has 0 saturated carbocycles. The third kappa shape index (κ3) is 2.21. The number of benzene rings is 1. The van der Waals surface area contributed by atoms with Crippen LogP contribution in [0.5, 0.6) is 0 Å². The predicted molar refractivity (Wildman–Crippen MR) is 61.8 cm³/mol. The molecule has 2 aromatic rings. The number of hydrogen-bond acceptors (Lipinski definition) is 3. The van der Waals surface area contributed by atoms with Crippen LogP contribution in [0.15, 0.2) is 24.3 Å². The largest absolute Gasteiger partial charge is 0.224 e. The van der Waals surface area contributed by atoms with Gasteiger partial charge in [0, 0.05) is 5.56 Å². The number of hydrogen-bond donors (Lipinski definition) is 0. The zero-order valence-corrected chi connectivity index (χ0v) is 9.65. The van der Waals surface area contributed by atoms with E-state index in [2.05, 4.69) is 4.98 Å². The SMILES string of the molecule is N#CCc1sc(-c2cccc(F)c2)nc1Cl. The molecule has 5 heteroatoms. The van der Waals surface area contributed by atoms with Gasteiger partial charge in [0.15, 0.2) is 0 Å². The van der Waals surface area contributed by atoms with Crippen molar-refractivity contribution in [2.24, 2.45) is 0 Å². The molecule has 0 aliphatic rings. The lowest BCUT2D eigenvalue weighted by Crippen LogP contribution is -1.77. The van der Waals surface area contributed by atoms with E-state index < -0.39 is 0 Å². The molecule has 0 aliphatic heterocycles. The third-order valence-electron chi connectivity index (χ3n) is 1.96. The van der Waals surface area contributed by atoms with E-state index in [1.165, 1.54) is 23.5 Å². The molecule has 0 saturated heterocycles. The smallest absolute Gasteiger partial charge is 0.144 e. The summed E-state index contributed by atoms with van der Waals surface area (Å²) in [6, 6.07) is 8.15. The first kappa shape index (κ1) is 11.1. The quantitative estimate of drug-likeness (QED) is 0.818. The number of thiazole rings is 1. The highest BCUT2D eigenvalue weighted by Gasteiger charge is 2.10. The Hall–Kier alpha value is -1.44. The van der Waals surface area contributed by atoms with E-state index in [9.17, 15) is 4.39 Å². The van der Waals surface area contributed by atoms with E-state index in [4.69, 9.17) is 16.9 Å². The fourth-order valence-corrected chi connectivity index (χ4v) is 2.46. The van der Waals surface area contributed by atoms with E-state index in [-0.39, 0.29) is 12.2 Å². The van der Waals surface area contributed by atoms with Crippen molar-refractivity contribution in [1.29, 1.82) is 5.26 Å². The number of rotatable bonds is 2. The number of nitrogens with zero attached hydrogens (tertiary/aromatic N) is 2. The van der Waals surface area contributed by atoms with Gasteiger partial charge in [-0.3, -0.25) is 0 Å². The van der Waals surface area contributed by atoms with Crippen molar-refractivity contribution in [3.05, 3.63) is 40.1 Å². The Labute approximate surface area is 101 Å². The zero-order valence-electron chi connectivity index (χ0n) is 8.08. The number of halogens is 2. The molecule has 0 radical (unpaired) electrons. The van der Waals surface area contributed by atoms with Crippen LogP contribution in [-0.4, -0.2) is 4.98 Å². The summed E-state index contributed by atoms with van der Waals surface area (Å²) in [6.07, 6.45) is 0.228. The monoisotopic (exact) mass is 252 g/mol. The van der Waals surface area contributed by atoms with Gasteiger partial charge in [-0.15, -0.1) is 11.3 Å². The van der Waals surface area contributed by atoms with Crippen molar-refractivity contribution in [3.8, 4) is 16.6 Å². The van der Waals surface area contributed by atoms with Crippen molar-refractivity contribution in [2.75, 3.05) is 0 Å². The molecular weight excluding hydrogens is 247 g/mol. The molecule has 1 aromatic carbocycles. The number of nitriles is 1. The second kappa shape index (κ2) is 4.60. The highest BCUT2D eigenvalue weighted by atomic mass is 35.5. The Morgan fingerprint density at radius 2 is 2.31 bits per heavy atom. The second-order valence-electron chi connectivity index (χ2n) is 3.08. The third-order valence-corrected chi connectivity index (χ3v) is 3.49. The van der Waals surface area contributed by atoms with Gasteiger partial charge in [-0.05, 0) is 12.1 Å². The van der Waals surface area contributed by atoms with Gasteiger partial charge in [-0.25, -0.2) is 9.37 Å². The first-order valence-corrected chi connectivity index (χ1v) is 5.68. The van der Waals surface area contributed by atoms with Crippen LogP contribution in [-0.2, 0) is 6.42 Å². The molecule has 0 bridgehead atoms. The topological polar surface area (TPSA) is 36.7 Å². The molecule has 1 aromatic heterocycles. The molecule has 0 amide bonds. The van der Waals surface area contributed by atoms with Gasteiger partial charge in [0.05, 0.1) is 17.4 Å². The summed E-state index contributed by atoms with van der Waals surface area (Å²) >= 11 is 7.18. The van der Waals surface area contributed by atoms with Crippen LogP contribution in [0.4, 0.5) is 4.39 Å². The molecule has 0 fully saturated rings. The standard InChI is InChI=1S/C11H6ClFN2S/c12-10-9(4-5-14)16-11(15-10)7-2-1-3-8(13)6-7/h1-3,6H,4H2. The van der Waals surface area contributed by atoms with E-state index in [1.807, 2.05) is 6.07 Å². The normalized spacial score (nSPS) is 10.1. The molecule has 0 spiro atoms. The minimum atomic E-state index is -0.314. The maximum atomic E-state index is 13.0. The lowest BCUT2D eigenvalue weighted by Gasteiger charge is -1.94. The Kier molecular flexibility index (Phi) is 3.18. The van der Waals surface area contributed by atoms with Crippen molar-refractivity contribution >= 4 is 22.9 Å². The first-order valence-electron chi connectivity index (χ1n) is 4.49. The average molecular weight is 253 g/mol. The summed E-state index contributed by atoms with van der Waals surface area (Å²) in [5, 5.41) is 9.54. The lowest BCUT2D eigenvalue weighted by atomic mass is 10.2. The molecule has 0 atom stereocenters. The summed E-state index contributed by atoms with van der Waals surface area (Å²) in [7, 11) is 0. The molecule has 0 N–H and O–H groups in total. The number of aromatic nitrogens is 1. The van der Waals surface area contributed by atoms with Gasteiger partial charge < -0.3 is 0 Å². The first-order chi connectivity index (χ1) is 7.70. The van der Waals surface area contributed by atoms with Gasteiger partial charge >= 0.3 is 0 Å². The van der Waals surface area contributed by atoms with E-state index in [1.54, 1.807) is 12.1 Å². The van der Waals surface area contributed by atoms with Crippen LogP contribution < -0.4 is 0 Å². The van der Waals surface area contributed by atoms with Gasteiger partial charge in [0.25, 0.3) is 0 Å². The second-order valence-corrected chi connectivity index (χ2v) is 4.52. The van der Waals surface area contributed by atoms with E-state index in [0.29, 0.717) is 20.6 Å². The summed E-state index contributed by atoms with van der Waals surface area (Å²) < 4.78 is 13.0. The molecule has 2 nitrogen and oxygen atoms in total. The fourth-order valence-electron chi connectivity index (χ4n) is 1.26. The van der Waals surface area contributed by atoms with Crippen LogP contribution in [0.1, 0.15) is 4.88 Å². The van der Waals surface area contributed by atoms with Crippen LogP contribution in [0.3, 0.4) is 0 Å². The summed E-state index contributed by atoms with van der Waals surface area (Å²) in [6.45, 7) is 0. The van der Waals surface area contributed by atoms with Crippen LogP contribution in [0.25, 0.3) is 10.6 Å². The maximum absolute atomic E-state index is 13.0. The van der Waals surface area contributed by atoms with Gasteiger partial charge in [0.1, 0.15) is 16.0 Å². The van der Waals surface area contributed by atoms with Crippen molar-refractivity contribution in [2.45, 2.75) is 6.42 Å². The van der Waals surface area contributed by atoms with Crippen LogP contribution in [0, 0.1) is 17.1 Å². The maximum Gasteiger partial charge on any atom is 0.144 e. The zero-order chi connectivity index (χ0) is 11.5. The fraction of sp³-hybridized carbons (Fsp3) is 0.0909. The Morgan fingerprint density at radius 1 is 1.50 bits per heavy atom. The Morgan fingerprint density at radius 3 is 3.00 bits per heavy atom. The summed E-state index contributed by atoms with van der Waals surface area (Å²) in [5.74, 6) is -0.314.